The van der Waals surface area contributed by atoms with Gasteiger partial charge in [-0.25, -0.2) is 4.39 Å². The van der Waals surface area contributed by atoms with Gasteiger partial charge in [-0.05, 0) is 48.0 Å². The van der Waals surface area contributed by atoms with Crippen LogP contribution in [0.25, 0.3) is 22.2 Å². The fraction of sp³-hybridized carbons (Fsp3) is 0.0625. The van der Waals surface area contributed by atoms with Crippen LogP contribution < -0.4 is 4.74 Å². The first-order chi connectivity index (χ1) is 9.72. The van der Waals surface area contributed by atoms with Gasteiger partial charge in [0.25, 0.3) is 0 Å². The van der Waals surface area contributed by atoms with Crippen molar-refractivity contribution in [2.45, 2.75) is 0 Å². The Bertz CT molecular complexity index is 775. The van der Waals surface area contributed by atoms with Crippen LogP contribution in [0.5, 0.6) is 5.75 Å². The summed E-state index contributed by atoms with van der Waals surface area (Å²) in [5.74, 6) is 0.379. The molecule has 0 radical (unpaired) electrons. The van der Waals surface area contributed by atoms with Crippen molar-refractivity contribution in [3.8, 4) is 17.0 Å². The molecule has 0 saturated carbocycles. The number of methoxy groups -OCH3 is 1. The number of aromatic amines is 1. The molecule has 0 unspecified atom stereocenters. The summed E-state index contributed by atoms with van der Waals surface area (Å²) < 4.78 is 18.4. The molecule has 1 N–H and O–H groups in total. The number of carbonyl (C=O) groups excluding carboxylic acids is 1. The number of halogens is 1. The Morgan fingerprint density at radius 1 is 1.15 bits per heavy atom. The summed E-state index contributed by atoms with van der Waals surface area (Å²) in [4.78, 5) is 14.5. The van der Waals surface area contributed by atoms with Crippen molar-refractivity contribution in [3.63, 3.8) is 0 Å². The number of nitrogens with one attached hydrogen (secondary N) is 1. The van der Waals surface area contributed by atoms with Gasteiger partial charge in [0, 0.05) is 16.5 Å². The third kappa shape index (κ3) is 1.95. The molecular weight excluding hydrogens is 257 g/mol. The number of H-pyrrole nitrogens is 1. The maximum atomic E-state index is 13.3. The molecule has 4 heteroatoms. The van der Waals surface area contributed by atoms with E-state index in [2.05, 4.69) is 4.98 Å². The topological polar surface area (TPSA) is 42.1 Å². The summed E-state index contributed by atoms with van der Waals surface area (Å²) >= 11 is 0. The molecule has 100 valence electrons. The first-order valence-corrected chi connectivity index (χ1v) is 6.14. The van der Waals surface area contributed by atoms with E-state index < -0.39 is 0 Å². The zero-order chi connectivity index (χ0) is 14.1. The van der Waals surface area contributed by atoms with Gasteiger partial charge in [0.1, 0.15) is 11.6 Å². The Labute approximate surface area is 115 Å². The van der Waals surface area contributed by atoms with E-state index in [9.17, 15) is 9.18 Å². The Kier molecular flexibility index (Phi) is 2.99. The van der Waals surface area contributed by atoms with Gasteiger partial charge in [-0.3, -0.25) is 4.79 Å². The van der Waals surface area contributed by atoms with Crippen molar-refractivity contribution in [1.82, 2.24) is 4.98 Å². The van der Waals surface area contributed by atoms with Crippen molar-refractivity contribution >= 4 is 17.2 Å². The molecule has 0 amide bonds. The average Bonchev–Trinajstić information content (AvgIpc) is 2.85. The summed E-state index contributed by atoms with van der Waals surface area (Å²) in [5.41, 5.74) is 2.73. The third-order valence-electron chi connectivity index (χ3n) is 3.30. The molecule has 0 aliphatic carbocycles. The van der Waals surface area contributed by atoms with E-state index in [0.717, 1.165) is 23.1 Å². The number of fused-ring (bicyclic) bond motifs is 1. The molecule has 1 heterocycles. The monoisotopic (exact) mass is 269 g/mol. The number of hydrogen-bond donors (Lipinski definition) is 1. The van der Waals surface area contributed by atoms with E-state index in [1.807, 2.05) is 24.3 Å². The lowest BCUT2D eigenvalue weighted by atomic mass is 10.1. The predicted octanol–water partition coefficient (Wildman–Crippen LogP) is 3.80. The van der Waals surface area contributed by atoms with E-state index >= 15 is 0 Å². The molecule has 2 aromatic carbocycles. The maximum absolute atomic E-state index is 13.3. The minimum atomic E-state index is -0.360. The van der Waals surface area contributed by atoms with Crippen LogP contribution in [0, 0.1) is 5.82 Å². The molecule has 0 bridgehead atoms. The molecule has 0 aliphatic rings. The summed E-state index contributed by atoms with van der Waals surface area (Å²) in [6.07, 6.45) is 0.748. The summed E-state index contributed by atoms with van der Waals surface area (Å²) in [7, 11) is 1.59. The van der Waals surface area contributed by atoms with E-state index in [4.69, 9.17) is 4.74 Å². The molecule has 0 atom stereocenters. The lowest BCUT2D eigenvalue weighted by Crippen LogP contribution is -1.86. The zero-order valence-corrected chi connectivity index (χ0v) is 10.8. The number of ether oxygens (including phenoxy) is 1. The summed E-state index contributed by atoms with van der Waals surface area (Å²) in [6, 6.07) is 11.7. The Morgan fingerprint density at radius 3 is 2.55 bits per heavy atom. The van der Waals surface area contributed by atoms with Gasteiger partial charge in [0.15, 0.2) is 6.29 Å². The molecule has 0 spiro atoms. The van der Waals surface area contributed by atoms with Crippen LogP contribution in [0.1, 0.15) is 10.4 Å². The first-order valence-electron chi connectivity index (χ1n) is 6.14. The highest BCUT2D eigenvalue weighted by Crippen LogP contribution is 2.30. The van der Waals surface area contributed by atoms with Crippen molar-refractivity contribution in [2.24, 2.45) is 0 Å². The van der Waals surface area contributed by atoms with E-state index in [1.54, 1.807) is 13.2 Å². The van der Waals surface area contributed by atoms with Gasteiger partial charge in [0.05, 0.1) is 12.8 Å². The molecular formula is C16H12FNO2. The number of carbonyl (C=O) groups is 1. The smallest absolute Gasteiger partial charge is 0.152 e. The van der Waals surface area contributed by atoms with Gasteiger partial charge in [-0.15, -0.1) is 0 Å². The Morgan fingerprint density at radius 2 is 1.90 bits per heavy atom. The van der Waals surface area contributed by atoms with E-state index in [0.29, 0.717) is 16.6 Å². The normalized spacial score (nSPS) is 10.7. The average molecular weight is 269 g/mol. The fourth-order valence-corrected chi connectivity index (χ4v) is 2.29. The minimum absolute atomic E-state index is 0.360. The van der Waals surface area contributed by atoms with Crippen molar-refractivity contribution in [3.05, 3.63) is 53.8 Å². The van der Waals surface area contributed by atoms with E-state index in [1.165, 1.54) is 12.1 Å². The molecule has 0 aliphatic heterocycles. The van der Waals surface area contributed by atoms with E-state index in [-0.39, 0.29) is 5.82 Å². The largest absolute Gasteiger partial charge is 0.497 e. The first kappa shape index (κ1) is 12.4. The molecule has 1 aromatic heterocycles. The molecule has 3 rings (SSSR count). The molecule has 0 fully saturated rings. The van der Waals surface area contributed by atoms with Crippen molar-refractivity contribution in [2.75, 3.05) is 7.11 Å². The Balaban J connectivity index is 2.21. The second kappa shape index (κ2) is 4.81. The fourth-order valence-electron chi connectivity index (χ4n) is 2.29. The second-order valence-electron chi connectivity index (χ2n) is 4.45. The molecule has 20 heavy (non-hydrogen) atoms. The molecule has 0 saturated heterocycles. The lowest BCUT2D eigenvalue weighted by Gasteiger charge is -2.02. The van der Waals surface area contributed by atoms with Gasteiger partial charge in [0.2, 0.25) is 0 Å². The van der Waals surface area contributed by atoms with Crippen LogP contribution in [0.2, 0.25) is 0 Å². The Hall–Kier alpha value is -2.62. The second-order valence-corrected chi connectivity index (χ2v) is 4.45. The van der Waals surface area contributed by atoms with Crippen molar-refractivity contribution in [1.29, 1.82) is 0 Å². The third-order valence-corrected chi connectivity index (χ3v) is 3.30. The van der Waals surface area contributed by atoms with Crippen LogP contribution in [-0.2, 0) is 0 Å². The van der Waals surface area contributed by atoms with Crippen LogP contribution in [-0.4, -0.2) is 18.4 Å². The highest BCUT2D eigenvalue weighted by molar-refractivity contribution is 6.04. The number of aromatic nitrogens is 1. The van der Waals surface area contributed by atoms with Crippen LogP contribution >= 0.6 is 0 Å². The molecule has 3 nitrogen and oxygen atoms in total. The minimum Gasteiger partial charge on any atom is -0.497 e. The van der Waals surface area contributed by atoms with Gasteiger partial charge in [-0.2, -0.15) is 0 Å². The maximum Gasteiger partial charge on any atom is 0.152 e. The van der Waals surface area contributed by atoms with Crippen LogP contribution in [0.3, 0.4) is 0 Å². The van der Waals surface area contributed by atoms with Gasteiger partial charge < -0.3 is 9.72 Å². The summed E-state index contributed by atoms with van der Waals surface area (Å²) in [6.45, 7) is 0. The highest BCUT2D eigenvalue weighted by Gasteiger charge is 2.13. The highest BCUT2D eigenvalue weighted by atomic mass is 19.1. The number of hydrogen-bond acceptors (Lipinski definition) is 2. The predicted molar refractivity (Wildman–Crippen MR) is 75.6 cm³/mol. The summed E-state index contributed by atoms with van der Waals surface area (Å²) in [5, 5.41) is 0.589. The van der Waals surface area contributed by atoms with Crippen LogP contribution in [0.15, 0.2) is 42.5 Å². The SMILES string of the molecule is COc1ccc(-c2[nH]c3ccc(F)cc3c2C=O)cc1. The number of aldehydes is 1. The van der Waals surface area contributed by atoms with Crippen LogP contribution in [0.4, 0.5) is 4.39 Å². The van der Waals surface area contributed by atoms with Gasteiger partial charge in [-0.1, -0.05) is 0 Å². The number of benzene rings is 2. The number of rotatable bonds is 3. The quantitative estimate of drug-likeness (QED) is 0.735. The molecule has 3 aromatic rings. The van der Waals surface area contributed by atoms with Gasteiger partial charge >= 0.3 is 0 Å². The zero-order valence-electron chi connectivity index (χ0n) is 10.8. The van der Waals surface area contributed by atoms with Crippen molar-refractivity contribution < 1.29 is 13.9 Å². The standard InChI is InChI=1S/C16H12FNO2/c1-20-12-5-2-10(3-6-12)16-14(9-19)13-8-11(17)4-7-15(13)18-16/h2-9,18H,1H3. The lowest BCUT2D eigenvalue weighted by molar-refractivity contribution is 0.112.